The Bertz CT molecular complexity index is 397. The number of carbonyl (C=O) groups is 1. The highest BCUT2D eigenvalue weighted by Gasteiger charge is 2.35. The summed E-state index contributed by atoms with van der Waals surface area (Å²) in [6, 6.07) is 0. The topological polar surface area (TPSA) is 83.5 Å². The minimum Gasteiger partial charge on any atom is -0.481 e. The van der Waals surface area contributed by atoms with Crippen molar-refractivity contribution in [2.45, 2.75) is 52.4 Å². The molecule has 0 bridgehead atoms. The summed E-state index contributed by atoms with van der Waals surface area (Å²) >= 11 is 0. The van der Waals surface area contributed by atoms with Crippen LogP contribution in [0.4, 0.5) is 0 Å². The summed E-state index contributed by atoms with van der Waals surface area (Å²) in [4.78, 5) is 11.0. The van der Waals surface area contributed by atoms with Crippen LogP contribution < -0.4 is 4.72 Å². The van der Waals surface area contributed by atoms with Gasteiger partial charge in [0.05, 0.1) is 12.2 Å². The van der Waals surface area contributed by atoms with E-state index in [9.17, 15) is 13.2 Å². The lowest BCUT2D eigenvalue weighted by atomic mass is 9.72. The molecule has 5 nitrogen and oxygen atoms in total. The average molecular weight is 291 g/mol. The van der Waals surface area contributed by atoms with Gasteiger partial charge in [0.25, 0.3) is 0 Å². The molecule has 1 aliphatic rings. The van der Waals surface area contributed by atoms with Crippen molar-refractivity contribution in [3.63, 3.8) is 0 Å². The summed E-state index contributed by atoms with van der Waals surface area (Å²) in [5, 5.41) is 9.03. The van der Waals surface area contributed by atoms with E-state index in [0.717, 1.165) is 32.1 Å². The van der Waals surface area contributed by atoms with E-state index in [1.54, 1.807) is 0 Å². The van der Waals surface area contributed by atoms with Gasteiger partial charge in [-0.2, -0.15) is 0 Å². The number of sulfonamides is 1. The lowest BCUT2D eigenvalue weighted by Crippen LogP contribution is -2.41. The predicted molar refractivity (Wildman–Crippen MR) is 74.4 cm³/mol. The standard InChI is InChI=1S/C13H25NO4S/c1-11(2)9-19(17,18)14-10-13(8-12(15)16)6-4-3-5-7-13/h11,14H,3-10H2,1-2H3,(H,15,16). The van der Waals surface area contributed by atoms with E-state index < -0.39 is 21.4 Å². The monoisotopic (exact) mass is 291 g/mol. The van der Waals surface area contributed by atoms with Gasteiger partial charge in [0.15, 0.2) is 0 Å². The molecule has 0 aromatic carbocycles. The van der Waals surface area contributed by atoms with E-state index in [-0.39, 0.29) is 24.6 Å². The molecule has 0 saturated heterocycles. The fraction of sp³-hybridized carbons (Fsp3) is 0.923. The molecule has 112 valence electrons. The van der Waals surface area contributed by atoms with Gasteiger partial charge in [-0.25, -0.2) is 13.1 Å². The fourth-order valence-electron chi connectivity index (χ4n) is 2.80. The van der Waals surface area contributed by atoms with Gasteiger partial charge in [-0.05, 0) is 24.2 Å². The number of carboxylic acid groups (broad SMARTS) is 1. The average Bonchev–Trinajstić information content (AvgIpc) is 2.25. The lowest BCUT2D eigenvalue weighted by Gasteiger charge is -2.36. The van der Waals surface area contributed by atoms with Crippen LogP contribution in [0.2, 0.25) is 0 Å². The van der Waals surface area contributed by atoms with Crippen molar-refractivity contribution in [3.8, 4) is 0 Å². The molecule has 0 heterocycles. The van der Waals surface area contributed by atoms with E-state index in [4.69, 9.17) is 5.11 Å². The second-order valence-corrected chi connectivity index (χ2v) is 7.98. The molecule has 0 amide bonds. The summed E-state index contributed by atoms with van der Waals surface area (Å²) in [5.74, 6) is -0.680. The van der Waals surface area contributed by atoms with E-state index in [0.29, 0.717) is 0 Å². The number of nitrogens with one attached hydrogen (secondary N) is 1. The van der Waals surface area contributed by atoms with Crippen molar-refractivity contribution in [2.24, 2.45) is 11.3 Å². The van der Waals surface area contributed by atoms with Crippen molar-refractivity contribution in [1.82, 2.24) is 4.72 Å². The molecule has 1 fully saturated rings. The normalized spacial score (nSPS) is 19.5. The third-order valence-corrected chi connectivity index (χ3v) is 5.35. The van der Waals surface area contributed by atoms with Gasteiger partial charge in [-0.1, -0.05) is 33.1 Å². The summed E-state index contributed by atoms with van der Waals surface area (Å²) in [6.45, 7) is 3.97. The van der Waals surface area contributed by atoms with Crippen molar-refractivity contribution in [3.05, 3.63) is 0 Å². The fourth-order valence-corrected chi connectivity index (χ4v) is 4.32. The van der Waals surface area contributed by atoms with Crippen LogP contribution >= 0.6 is 0 Å². The molecule has 1 rings (SSSR count). The SMILES string of the molecule is CC(C)CS(=O)(=O)NCC1(CC(=O)O)CCCCC1. The van der Waals surface area contributed by atoms with E-state index >= 15 is 0 Å². The summed E-state index contributed by atoms with van der Waals surface area (Å²) in [7, 11) is -3.30. The summed E-state index contributed by atoms with van der Waals surface area (Å²) in [6.07, 6.45) is 4.72. The molecule has 0 spiro atoms. The Labute approximate surface area is 115 Å². The van der Waals surface area contributed by atoms with Gasteiger partial charge in [-0.3, -0.25) is 4.79 Å². The molecular formula is C13H25NO4S. The number of hydrogen-bond donors (Lipinski definition) is 2. The van der Waals surface area contributed by atoms with Crippen LogP contribution in [0.1, 0.15) is 52.4 Å². The maximum absolute atomic E-state index is 11.9. The Morgan fingerprint density at radius 1 is 1.26 bits per heavy atom. The summed E-state index contributed by atoms with van der Waals surface area (Å²) in [5.41, 5.74) is -0.395. The molecule has 0 radical (unpaired) electrons. The molecule has 1 saturated carbocycles. The lowest BCUT2D eigenvalue weighted by molar-refractivity contribution is -0.140. The van der Waals surface area contributed by atoms with Crippen molar-refractivity contribution < 1.29 is 18.3 Å². The van der Waals surface area contributed by atoms with Crippen molar-refractivity contribution >= 4 is 16.0 Å². The van der Waals surface area contributed by atoms with Crippen molar-refractivity contribution in [2.75, 3.05) is 12.3 Å². The Morgan fingerprint density at radius 3 is 2.32 bits per heavy atom. The Kier molecular flexibility index (Phi) is 5.80. The maximum atomic E-state index is 11.9. The van der Waals surface area contributed by atoms with Gasteiger partial charge in [-0.15, -0.1) is 0 Å². The first kappa shape index (κ1) is 16.4. The number of hydrogen-bond acceptors (Lipinski definition) is 3. The molecule has 19 heavy (non-hydrogen) atoms. The first-order chi connectivity index (χ1) is 8.75. The third-order valence-electron chi connectivity index (χ3n) is 3.66. The molecule has 0 atom stereocenters. The van der Waals surface area contributed by atoms with Crippen LogP contribution in [0.15, 0.2) is 0 Å². The quantitative estimate of drug-likeness (QED) is 0.751. The smallest absolute Gasteiger partial charge is 0.303 e. The second kappa shape index (κ2) is 6.70. The summed E-state index contributed by atoms with van der Waals surface area (Å²) < 4.78 is 26.3. The van der Waals surface area contributed by atoms with Crippen LogP contribution in [-0.4, -0.2) is 31.8 Å². The molecule has 1 aliphatic carbocycles. The highest BCUT2D eigenvalue weighted by atomic mass is 32.2. The molecular weight excluding hydrogens is 266 g/mol. The van der Waals surface area contributed by atoms with Crippen LogP contribution in [-0.2, 0) is 14.8 Å². The largest absolute Gasteiger partial charge is 0.481 e. The minimum absolute atomic E-state index is 0.0528. The van der Waals surface area contributed by atoms with E-state index in [2.05, 4.69) is 4.72 Å². The Hall–Kier alpha value is -0.620. The Morgan fingerprint density at radius 2 is 1.84 bits per heavy atom. The first-order valence-corrected chi connectivity index (χ1v) is 8.59. The third kappa shape index (κ3) is 5.91. The molecule has 0 aliphatic heterocycles. The zero-order valence-electron chi connectivity index (χ0n) is 11.8. The number of rotatable bonds is 7. The highest BCUT2D eigenvalue weighted by molar-refractivity contribution is 7.89. The van der Waals surface area contributed by atoms with Crippen LogP contribution in [0.3, 0.4) is 0 Å². The van der Waals surface area contributed by atoms with Crippen LogP contribution in [0.5, 0.6) is 0 Å². The first-order valence-electron chi connectivity index (χ1n) is 6.94. The van der Waals surface area contributed by atoms with Crippen LogP contribution in [0.25, 0.3) is 0 Å². The zero-order valence-corrected chi connectivity index (χ0v) is 12.6. The zero-order chi connectivity index (χ0) is 14.5. The maximum Gasteiger partial charge on any atom is 0.303 e. The van der Waals surface area contributed by atoms with Gasteiger partial charge in [0.1, 0.15) is 0 Å². The van der Waals surface area contributed by atoms with Gasteiger partial charge in [0, 0.05) is 6.54 Å². The molecule has 6 heteroatoms. The van der Waals surface area contributed by atoms with Gasteiger partial charge >= 0.3 is 5.97 Å². The molecule has 0 unspecified atom stereocenters. The molecule has 0 aromatic rings. The van der Waals surface area contributed by atoms with Gasteiger partial charge in [0.2, 0.25) is 10.0 Å². The second-order valence-electron chi connectivity index (χ2n) is 6.13. The van der Waals surface area contributed by atoms with Crippen LogP contribution in [0, 0.1) is 11.3 Å². The predicted octanol–water partition coefficient (Wildman–Crippen LogP) is 1.99. The van der Waals surface area contributed by atoms with Gasteiger partial charge < -0.3 is 5.11 Å². The van der Waals surface area contributed by atoms with E-state index in [1.807, 2.05) is 13.8 Å². The number of carboxylic acids is 1. The minimum atomic E-state index is -3.30. The van der Waals surface area contributed by atoms with E-state index in [1.165, 1.54) is 0 Å². The molecule has 2 N–H and O–H groups in total. The molecule has 0 aromatic heterocycles. The number of aliphatic carboxylic acids is 1. The van der Waals surface area contributed by atoms with Crippen molar-refractivity contribution in [1.29, 1.82) is 0 Å². The highest BCUT2D eigenvalue weighted by Crippen LogP contribution is 2.38. The Balaban J connectivity index is 2.65.